The average molecular weight is 334 g/mol. The van der Waals surface area contributed by atoms with E-state index in [2.05, 4.69) is 21.2 Å². The predicted octanol–water partition coefficient (Wildman–Crippen LogP) is 2.37. The number of hydrogen-bond donors (Lipinski definition) is 1. The van der Waals surface area contributed by atoms with Gasteiger partial charge in [-0.25, -0.2) is 0 Å². The van der Waals surface area contributed by atoms with Gasteiger partial charge in [0.15, 0.2) is 0 Å². The van der Waals surface area contributed by atoms with Crippen molar-refractivity contribution in [1.29, 1.82) is 5.26 Å². The van der Waals surface area contributed by atoms with Crippen molar-refractivity contribution in [2.24, 2.45) is 0 Å². The Kier molecular flexibility index (Phi) is 5.01. The Hall–Kier alpha value is -2.84. The van der Waals surface area contributed by atoms with Gasteiger partial charge in [-0.2, -0.15) is 5.26 Å². The molecule has 1 N–H and O–H groups in total. The van der Waals surface area contributed by atoms with Gasteiger partial charge in [-0.3, -0.25) is 9.69 Å². The fourth-order valence-electron chi connectivity index (χ4n) is 3.11. The number of likely N-dealkylation sites (N-methyl/N-ethyl adjacent to an activating group) is 1. The molecule has 1 fully saturated rings. The molecule has 5 heteroatoms. The molecule has 1 amide bonds. The van der Waals surface area contributed by atoms with Crippen LogP contribution in [0.5, 0.6) is 0 Å². The summed E-state index contributed by atoms with van der Waals surface area (Å²) in [6.45, 7) is 4.27. The highest BCUT2D eigenvalue weighted by Gasteiger charge is 2.27. The maximum Gasteiger partial charge on any atom is 0.252 e. The van der Waals surface area contributed by atoms with E-state index in [9.17, 15) is 10.1 Å². The molecule has 1 atom stereocenters. The van der Waals surface area contributed by atoms with E-state index in [1.807, 2.05) is 62.5 Å². The monoisotopic (exact) mass is 334 g/mol. The van der Waals surface area contributed by atoms with E-state index in [4.69, 9.17) is 0 Å². The summed E-state index contributed by atoms with van der Waals surface area (Å²) in [5, 5.41) is 12.4. The van der Waals surface area contributed by atoms with E-state index in [-0.39, 0.29) is 12.1 Å². The van der Waals surface area contributed by atoms with Gasteiger partial charge in [0.25, 0.3) is 5.91 Å². The van der Waals surface area contributed by atoms with Crippen molar-refractivity contribution in [3.05, 3.63) is 65.2 Å². The number of anilines is 1. The van der Waals surface area contributed by atoms with E-state index >= 15 is 0 Å². The fourth-order valence-corrected chi connectivity index (χ4v) is 3.11. The molecule has 5 nitrogen and oxygen atoms in total. The average Bonchev–Trinajstić information content (AvgIpc) is 2.63. The lowest BCUT2D eigenvalue weighted by atomic mass is 10.1. The minimum absolute atomic E-state index is 0.0732. The molecule has 0 saturated carbocycles. The second-order valence-corrected chi connectivity index (χ2v) is 6.41. The van der Waals surface area contributed by atoms with Crippen LogP contribution in [0.25, 0.3) is 0 Å². The van der Waals surface area contributed by atoms with Gasteiger partial charge in [-0.05, 0) is 38.2 Å². The van der Waals surface area contributed by atoms with E-state index in [0.717, 1.165) is 24.3 Å². The largest absolute Gasteiger partial charge is 0.366 e. The first-order chi connectivity index (χ1) is 12.1. The van der Waals surface area contributed by atoms with Crippen molar-refractivity contribution in [3.63, 3.8) is 0 Å². The first-order valence-electron chi connectivity index (χ1n) is 8.40. The molecule has 1 unspecified atom stereocenters. The molecule has 1 heterocycles. The number of piperazine rings is 1. The summed E-state index contributed by atoms with van der Waals surface area (Å²) in [4.78, 5) is 16.9. The van der Waals surface area contributed by atoms with Crippen LogP contribution in [0.2, 0.25) is 0 Å². The molecule has 1 saturated heterocycles. The van der Waals surface area contributed by atoms with Gasteiger partial charge in [0, 0.05) is 18.7 Å². The Morgan fingerprint density at radius 1 is 1.20 bits per heavy atom. The van der Waals surface area contributed by atoms with Crippen LogP contribution < -0.4 is 10.2 Å². The highest BCUT2D eigenvalue weighted by atomic mass is 16.1. The van der Waals surface area contributed by atoms with Crippen molar-refractivity contribution >= 4 is 11.6 Å². The summed E-state index contributed by atoms with van der Waals surface area (Å²) in [6.07, 6.45) is -0.103. The smallest absolute Gasteiger partial charge is 0.252 e. The Bertz CT molecular complexity index is 811. The molecule has 1 aliphatic heterocycles. The van der Waals surface area contributed by atoms with Gasteiger partial charge in [-0.15, -0.1) is 0 Å². The number of amides is 1. The Labute approximate surface area is 148 Å². The van der Waals surface area contributed by atoms with Crippen LogP contribution in [-0.4, -0.2) is 43.7 Å². The lowest BCUT2D eigenvalue weighted by Crippen LogP contribution is -2.59. The molecule has 0 aliphatic carbocycles. The molecule has 25 heavy (non-hydrogen) atoms. The number of nitrogens with zero attached hydrogens (tertiary/aromatic N) is 3. The van der Waals surface area contributed by atoms with E-state index in [1.165, 1.54) is 0 Å². The SMILES string of the molecule is Cc1cccc(C(=O)NC2CN(c3ccccc3C#N)CCN2C)c1. The Morgan fingerprint density at radius 2 is 2.00 bits per heavy atom. The summed E-state index contributed by atoms with van der Waals surface area (Å²) in [5.74, 6) is -0.0732. The van der Waals surface area contributed by atoms with Gasteiger partial charge in [-0.1, -0.05) is 29.8 Å². The van der Waals surface area contributed by atoms with Crippen LogP contribution in [0.4, 0.5) is 5.69 Å². The number of nitrogens with one attached hydrogen (secondary N) is 1. The number of carbonyl (C=O) groups excluding carboxylic acids is 1. The Balaban J connectivity index is 1.75. The standard InChI is InChI=1S/C20H22N4O/c1-15-6-5-8-16(12-15)20(25)22-19-14-24(11-10-23(19)2)18-9-4-3-7-17(18)13-21/h3-9,12,19H,10-11,14H2,1-2H3,(H,22,25). The number of nitriles is 1. The molecule has 0 spiro atoms. The minimum Gasteiger partial charge on any atom is -0.366 e. The Morgan fingerprint density at radius 3 is 2.76 bits per heavy atom. The van der Waals surface area contributed by atoms with Crippen LogP contribution in [0.15, 0.2) is 48.5 Å². The van der Waals surface area contributed by atoms with Crippen molar-refractivity contribution in [2.45, 2.75) is 13.1 Å². The van der Waals surface area contributed by atoms with Crippen molar-refractivity contribution < 1.29 is 4.79 Å². The summed E-state index contributed by atoms with van der Waals surface area (Å²) in [5.41, 5.74) is 3.32. The maximum atomic E-state index is 12.6. The van der Waals surface area contributed by atoms with E-state index in [1.54, 1.807) is 0 Å². The van der Waals surface area contributed by atoms with Crippen LogP contribution in [0, 0.1) is 18.3 Å². The van der Waals surface area contributed by atoms with Gasteiger partial charge in [0.1, 0.15) is 6.07 Å². The molecule has 1 aliphatic rings. The number of para-hydroxylation sites is 1. The number of benzene rings is 2. The topological polar surface area (TPSA) is 59.4 Å². The number of aryl methyl sites for hydroxylation is 1. The zero-order valence-corrected chi connectivity index (χ0v) is 14.6. The number of hydrogen-bond acceptors (Lipinski definition) is 4. The highest BCUT2D eigenvalue weighted by molar-refractivity contribution is 5.94. The summed E-state index contributed by atoms with van der Waals surface area (Å²) >= 11 is 0. The lowest BCUT2D eigenvalue weighted by Gasteiger charge is -2.41. The molecule has 2 aromatic carbocycles. The zero-order valence-electron chi connectivity index (χ0n) is 14.6. The van der Waals surface area contributed by atoms with Crippen molar-refractivity contribution in [1.82, 2.24) is 10.2 Å². The van der Waals surface area contributed by atoms with Crippen LogP contribution in [0.1, 0.15) is 21.5 Å². The first kappa shape index (κ1) is 17.0. The molecule has 128 valence electrons. The molecular formula is C20H22N4O. The van der Waals surface area contributed by atoms with Crippen LogP contribution in [0.3, 0.4) is 0 Å². The molecule has 0 bridgehead atoms. The normalized spacial score (nSPS) is 17.8. The van der Waals surface area contributed by atoms with Gasteiger partial charge < -0.3 is 10.2 Å². The summed E-state index contributed by atoms with van der Waals surface area (Å²) in [7, 11) is 2.01. The third-order valence-corrected chi connectivity index (χ3v) is 4.59. The van der Waals surface area contributed by atoms with Gasteiger partial charge in [0.2, 0.25) is 0 Å². The van der Waals surface area contributed by atoms with E-state index < -0.39 is 0 Å². The van der Waals surface area contributed by atoms with Crippen LogP contribution >= 0.6 is 0 Å². The summed E-state index contributed by atoms with van der Waals surface area (Å²) < 4.78 is 0. The second kappa shape index (κ2) is 7.37. The molecule has 0 aromatic heterocycles. The minimum atomic E-state index is -0.103. The van der Waals surface area contributed by atoms with Gasteiger partial charge in [0.05, 0.1) is 24.0 Å². The third kappa shape index (κ3) is 3.81. The van der Waals surface area contributed by atoms with Crippen molar-refractivity contribution in [2.75, 3.05) is 31.6 Å². The molecule has 0 radical (unpaired) electrons. The maximum absolute atomic E-state index is 12.6. The predicted molar refractivity (Wildman–Crippen MR) is 98.4 cm³/mol. The quantitative estimate of drug-likeness (QED) is 0.936. The van der Waals surface area contributed by atoms with E-state index in [0.29, 0.717) is 17.7 Å². The summed E-state index contributed by atoms with van der Waals surface area (Å²) in [6, 6.07) is 17.4. The molecule has 2 aromatic rings. The molecular weight excluding hydrogens is 312 g/mol. The third-order valence-electron chi connectivity index (χ3n) is 4.59. The number of rotatable bonds is 3. The molecule has 3 rings (SSSR count). The zero-order chi connectivity index (χ0) is 17.8. The van der Waals surface area contributed by atoms with Crippen LogP contribution in [-0.2, 0) is 0 Å². The first-order valence-corrected chi connectivity index (χ1v) is 8.40. The highest BCUT2D eigenvalue weighted by Crippen LogP contribution is 2.22. The van der Waals surface area contributed by atoms with Crippen molar-refractivity contribution in [3.8, 4) is 6.07 Å². The number of carbonyl (C=O) groups is 1. The second-order valence-electron chi connectivity index (χ2n) is 6.41. The lowest BCUT2D eigenvalue weighted by molar-refractivity contribution is 0.0862. The fraction of sp³-hybridized carbons (Fsp3) is 0.300. The van der Waals surface area contributed by atoms with Gasteiger partial charge >= 0.3 is 0 Å².